The summed E-state index contributed by atoms with van der Waals surface area (Å²) in [6.07, 6.45) is 4.93. The quantitative estimate of drug-likeness (QED) is 0.637. The lowest BCUT2D eigenvalue weighted by Gasteiger charge is -2.08. The average Bonchev–Trinajstić information content (AvgIpc) is 2.62. The smallest absolute Gasteiger partial charge is 0.226 e. The maximum Gasteiger partial charge on any atom is 0.226 e. The highest BCUT2D eigenvalue weighted by Gasteiger charge is 2.52. The molecular formula is C10H17NO. The summed E-state index contributed by atoms with van der Waals surface area (Å²) in [5, 5.41) is 2.89. The number of rotatable bonds is 3. The molecule has 0 aromatic heterocycles. The molecule has 68 valence electrons. The zero-order valence-corrected chi connectivity index (χ0v) is 8.05. The van der Waals surface area contributed by atoms with E-state index < -0.39 is 0 Å². The van der Waals surface area contributed by atoms with Crippen molar-refractivity contribution < 1.29 is 4.79 Å². The van der Waals surface area contributed by atoms with Gasteiger partial charge in [0.15, 0.2) is 0 Å². The molecule has 0 heterocycles. The lowest BCUT2D eigenvalue weighted by molar-refractivity contribution is -0.125. The van der Waals surface area contributed by atoms with Crippen molar-refractivity contribution in [1.82, 2.24) is 5.32 Å². The summed E-state index contributed by atoms with van der Waals surface area (Å²) in [4.78, 5) is 11.5. The molecule has 12 heavy (non-hydrogen) atoms. The van der Waals surface area contributed by atoms with Gasteiger partial charge in [-0.25, -0.2) is 0 Å². The van der Waals surface area contributed by atoms with Crippen LogP contribution in [0.5, 0.6) is 0 Å². The summed E-state index contributed by atoms with van der Waals surface area (Å²) in [5.41, 5.74) is -0.0679. The van der Waals surface area contributed by atoms with Crippen molar-refractivity contribution in [2.75, 3.05) is 6.54 Å². The Hall–Kier alpha value is -0.790. The molecule has 2 unspecified atom stereocenters. The number of amides is 1. The van der Waals surface area contributed by atoms with Crippen molar-refractivity contribution in [3.63, 3.8) is 0 Å². The van der Waals surface area contributed by atoms with Gasteiger partial charge in [-0.3, -0.25) is 4.79 Å². The topological polar surface area (TPSA) is 29.1 Å². The van der Waals surface area contributed by atoms with Crippen LogP contribution < -0.4 is 5.32 Å². The average molecular weight is 167 g/mol. The van der Waals surface area contributed by atoms with E-state index in [4.69, 9.17) is 0 Å². The molecule has 1 rings (SSSR count). The molecule has 1 aliphatic carbocycles. The second-order valence-corrected chi connectivity index (χ2v) is 3.80. The summed E-state index contributed by atoms with van der Waals surface area (Å²) < 4.78 is 0. The van der Waals surface area contributed by atoms with Gasteiger partial charge in [-0.1, -0.05) is 26.0 Å². The minimum atomic E-state index is -0.0679. The number of carbonyl (C=O) groups excluding carboxylic acids is 1. The van der Waals surface area contributed by atoms with Crippen LogP contribution in [0.3, 0.4) is 0 Å². The molecule has 2 atom stereocenters. The predicted molar refractivity (Wildman–Crippen MR) is 49.7 cm³/mol. The van der Waals surface area contributed by atoms with Crippen molar-refractivity contribution in [2.24, 2.45) is 11.3 Å². The molecule has 0 aromatic rings. The predicted octanol–water partition coefficient (Wildman–Crippen LogP) is 1.72. The summed E-state index contributed by atoms with van der Waals surface area (Å²) in [5.74, 6) is 0.760. The summed E-state index contributed by atoms with van der Waals surface area (Å²) in [6.45, 7) is 6.77. The van der Waals surface area contributed by atoms with Gasteiger partial charge in [0.25, 0.3) is 0 Å². The Kier molecular flexibility index (Phi) is 2.55. The molecule has 0 aromatic carbocycles. The Morgan fingerprint density at radius 2 is 2.33 bits per heavy atom. The van der Waals surface area contributed by atoms with Gasteiger partial charge in [0, 0.05) is 12.0 Å². The van der Waals surface area contributed by atoms with Crippen molar-refractivity contribution in [1.29, 1.82) is 0 Å². The zero-order valence-electron chi connectivity index (χ0n) is 8.05. The van der Waals surface area contributed by atoms with E-state index in [2.05, 4.69) is 12.2 Å². The molecule has 0 aliphatic heterocycles. The highest BCUT2D eigenvalue weighted by molar-refractivity contribution is 5.85. The Labute approximate surface area is 74.0 Å². The number of allylic oxidation sites excluding steroid dienone is 1. The largest absolute Gasteiger partial charge is 0.352 e. The molecule has 1 aliphatic rings. The van der Waals surface area contributed by atoms with E-state index in [1.54, 1.807) is 0 Å². The van der Waals surface area contributed by atoms with Crippen molar-refractivity contribution >= 4 is 5.91 Å². The maximum atomic E-state index is 11.5. The van der Waals surface area contributed by atoms with E-state index in [0.717, 1.165) is 6.42 Å². The fraction of sp³-hybridized carbons (Fsp3) is 0.700. The number of hydrogen-bond donors (Lipinski definition) is 1. The Morgan fingerprint density at radius 1 is 1.75 bits per heavy atom. The van der Waals surface area contributed by atoms with Crippen LogP contribution in [0.4, 0.5) is 0 Å². The second kappa shape index (κ2) is 3.30. The first-order valence-corrected chi connectivity index (χ1v) is 4.50. The fourth-order valence-electron chi connectivity index (χ4n) is 1.37. The van der Waals surface area contributed by atoms with Gasteiger partial charge in [0.05, 0.1) is 0 Å². The van der Waals surface area contributed by atoms with Gasteiger partial charge in [0.1, 0.15) is 0 Å². The van der Waals surface area contributed by atoms with E-state index >= 15 is 0 Å². The van der Waals surface area contributed by atoms with Gasteiger partial charge in [0.2, 0.25) is 5.91 Å². The van der Waals surface area contributed by atoms with E-state index in [-0.39, 0.29) is 11.3 Å². The molecule has 0 saturated heterocycles. The van der Waals surface area contributed by atoms with Crippen molar-refractivity contribution in [3.8, 4) is 0 Å². The Morgan fingerprint density at radius 3 is 2.75 bits per heavy atom. The van der Waals surface area contributed by atoms with E-state index in [1.807, 2.05) is 26.0 Å². The van der Waals surface area contributed by atoms with Crippen molar-refractivity contribution in [3.05, 3.63) is 12.2 Å². The Bertz CT molecular complexity index is 210. The van der Waals surface area contributed by atoms with Gasteiger partial charge in [-0.05, 0) is 19.3 Å². The van der Waals surface area contributed by atoms with Crippen LogP contribution in [0.15, 0.2) is 12.2 Å². The molecule has 1 saturated carbocycles. The normalized spacial score (nSPS) is 33.8. The minimum absolute atomic E-state index is 0.0679. The third-order valence-corrected chi connectivity index (χ3v) is 2.79. The first-order valence-electron chi connectivity index (χ1n) is 4.50. The van der Waals surface area contributed by atoms with Crippen LogP contribution in [-0.2, 0) is 4.79 Å². The first-order chi connectivity index (χ1) is 5.61. The lowest BCUT2D eigenvalue weighted by atomic mass is 10.1. The van der Waals surface area contributed by atoms with Gasteiger partial charge < -0.3 is 5.32 Å². The second-order valence-electron chi connectivity index (χ2n) is 3.80. The van der Waals surface area contributed by atoms with Gasteiger partial charge in [-0.15, -0.1) is 0 Å². The molecule has 0 spiro atoms. The number of nitrogens with one attached hydrogen (secondary N) is 1. The highest BCUT2D eigenvalue weighted by atomic mass is 16.2. The molecule has 1 fully saturated rings. The SMILES string of the molecule is C/C=C/CNC(=O)C1(C)CC1C. The van der Waals surface area contributed by atoms with E-state index in [9.17, 15) is 4.79 Å². The third kappa shape index (κ3) is 1.68. The Balaban J connectivity index is 2.30. The molecule has 0 radical (unpaired) electrons. The molecule has 1 N–H and O–H groups in total. The van der Waals surface area contributed by atoms with Crippen LogP contribution >= 0.6 is 0 Å². The summed E-state index contributed by atoms with van der Waals surface area (Å²) >= 11 is 0. The molecule has 0 bridgehead atoms. The van der Waals surface area contributed by atoms with Crippen LogP contribution in [-0.4, -0.2) is 12.5 Å². The standard InChI is InChI=1S/C10H17NO/c1-4-5-6-11-9(12)10(3)7-8(10)2/h4-5,8H,6-7H2,1-3H3,(H,11,12)/b5-4+. The summed E-state index contributed by atoms with van der Waals surface area (Å²) in [7, 11) is 0. The number of hydrogen-bond acceptors (Lipinski definition) is 1. The van der Waals surface area contributed by atoms with E-state index in [1.165, 1.54) is 0 Å². The van der Waals surface area contributed by atoms with Crippen molar-refractivity contribution in [2.45, 2.75) is 27.2 Å². The molecular weight excluding hydrogens is 150 g/mol. The first kappa shape index (κ1) is 9.30. The third-order valence-electron chi connectivity index (χ3n) is 2.79. The monoisotopic (exact) mass is 167 g/mol. The van der Waals surface area contributed by atoms with Crippen LogP contribution in [0.25, 0.3) is 0 Å². The fourth-order valence-corrected chi connectivity index (χ4v) is 1.37. The van der Waals surface area contributed by atoms with Crippen LogP contribution in [0.2, 0.25) is 0 Å². The van der Waals surface area contributed by atoms with Crippen LogP contribution in [0.1, 0.15) is 27.2 Å². The van der Waals surface area contributed by atoms with Gasteiger partial charge >= 0.3 is 0 Å². The number of carbonyl (C=O) groups is 1. The highest BCUT2D eigenvalue weighted by Crippen LogP contribution is 2.51. The maximum absolute atomic E-state index is 11.5. The zero-order chi connectivity index (χ0) is 9.19. The van der Waals surface area contributed by atoms with Crippen LogP contribution in [0, 0.1) is 11.3 Å². The molecule has 2 heteroatoms. The molecule has 1 amide bonds. The summed E-state index contributed by atoms with van der Waals surface area (Å²) in [6, 6.07) is 0. The minimum Gasteiger partial charge on any atom is -0.352 e. The van der Waals surface area contributed by atoms with Gasteiger partial charge in [-0.2, -0.15) is 0 Å². The van der Waals surface area contributed by atoms with E-state index in [0.29, 0.717) is 12.5 Å². The lowest BCUT2D eigenvalue weighted by Crippen LogP contribution is -2.31. The molecule has 2 nitrogen and oxygen atoms in total.